The zero-order valence-electron chi connectivity index (χ0n) is 6.93. The summed E-state index contributed by atoms with van der Waals surface area (Å²) < 4.78 is 12.5. The summed E-state index contributed by atoms with van der Waals surface area (Å²) >= 11 is 0. The van der Waals surface area contributed by atoms with Crippen molar-refractivity contribution in [3.63, 3.8) is 0 Å². The third kappa shape index (κ3) is 2.59. The molecule has 0 amide bonds. The summed E-state index contributed by atoms with van der Waals surface area (Å²) in [5.41, 5.74) is -0.492. The molecule has 0 radical (unpaired) electrons. The van der Waals surface area contributed by atoms with Crippen molar-refractivity contribution in [2.24, 2.45) is 0 Å². The first-order chi connectivity index (χ1) is 5.11. The van der Waals surface area contributed by atoms with E-state index in [9.17, 15) is 14.3 Å². The van der Waals surface area contributed by atoms with Crippen molar-refractivity contribution in [1.82, 2.24) is 0 Å². The molecular weight excluding hydrogens is 170 g/mol. The molecule has 1 aromatic rings. The predicted molar refractivity (Wildman–Crippen MR) is 36.9 cm³/mol. The first kappa shape index (κ1) is 11.6. The molecule has 2 nitrogen and oxygen atoms in total. The van der Waals surface area contributed by atoms with Crippen LogP contribution in [0.15, 0.2) is 23.0 Å². The second kappa shape index (κ2) is 4.60. The Labute approximate surface area is 91.3 Å². The van der Waals surface area contributed by atoms with E-state index < -0.39 is 17.0 Å². The van der Waals surface area contributed by atoms with E-state index >= 15 is 0 Å². The summed E-state index contributed by atoms with van der Waals surface area (Å²) in [6, 6.07) is 3.50. The Morgan fingerprint density at radius 1 is 1.42 bits per heavy atom. The van der Waals surface area contributed by atoms with Crippen LogP contribution in [-0.4, -0.2) is 0 Å². The summed E-state index contributed by atoms with van der Waals surface area (Å²) in [5.74, 6) is -1.80. The van der Waals surface area contributed by atoms with Gasteiger partial charge in [-0.05, 0) is 13.0 Å². The van der Waals surface area contributed by atoms with Gasteiger partial charge < -0.3 is 5.11 Å². The smallest absolute Gasteiger partial charge is 0.870 e. The van der Waals surface area contributed by atoms with Crippen LogP contribution in [0.5, 0.6) is 5.75 Å². The topological polar surface area (TPSA) is 40.1 Å². The van der Waals surface area contributed by atoms with E-state index in [0.29, 0.717) is 5.56 Å². The Balaban J connectivity index is 0.00000121. The van der Waals surface area contributed by atoms with Crippen LogP contribution in [0.1, 0.15) is 5.56 Å². The molecule has 0 aromatic heterocycles. The van der Waals surface area contributed by atoms with Crippen LogP contribution < -0.4 is 40.1 Å². The van der Waals surface area contributed by atoms with Gasteiger partial charge in [-0.15, -0.1) is 0 Å². The zero-order chi connectivity index (χ0) is 8.43. The molecule has 12 heavy (non-hydrogen) atoms. The molecule has 0 aliphatic rings. The molecule has 0 saturated carbocycles. The van der Waals surface area contributed by atoms with Gasteiger partial charge in [-0.2, -0.15) is 0 Å². The third-order valence-electron chi connectivity index (χ3n) is 1.29. The van der Waals surface area contributed by atoms with Crippen molar-refractivity contribution in [1.29, 1.82) is 0 Å². The minimum Gasteiger partial charge on any atom is -0.870 e. The Morgan fingerprint density at radius 2 is 2.00 bits per heavy atom. The summed E-state index contributed by atoms with van der Waals surface area (Å²) in [5, 5.41) is 10.7. The Kier molecular flexibility index (Phi) is 4.45. The number of rotatable bonds is 0. The first-order valence-electron chi connectivity index (χ1n) is 3.09. The largest absolute Gasteiger partial charge is 1.00 e. The van der Waals surface area contributed by atoms with Gasteiger partial charge in [0, 0.05) is 0 Å². The average Bonchev–Trinajstić information content (AvgIpc) is 2.05. The van der Waals surface area contributed by atoms with Crippen LogP contribution in [0.25, 0.3) is 0 Å². The van der Waals surface area contributed by atoms with Crippen LogP contribution in [-0.2, 0) is 0 Å². The van der Waals surface area contributed by atoms with E-state index in [1.54, 1.807) is 6.92 Å². The minimum atomic E-state index is -1.07. The standard InChI is InChI=1S/C8H7FO2.Na/c1-5-2-3-6(9)8(11)7(10)4-5;/h2-4H,1H3,(H,10,11);/q;+1/p-1. The Hall–Kier alpha value is -0.380. The molecule has 0 unspecified atom stereocenters. The molecule has 0 N–H and O–H groups in total. The molecule has 4 heteroatoms. The van der Waals surface area contributed by atoms with Gasteiger partial charge in [0.25, 0.3) is 0 Å². The van der Waals surface area contributed by atoms with Gasteiger partial charge in [0.15, 0.2) is 5.82 Å². The van der Waals surface area contributed by atoms with Crippen molar-refractivity contribution >= 4 is 0 Å². The van der Waals surface area contributed by atoms with Gasteiger partial charge in [0.2, 0.25) is 5.43 Å². The van der Waals surface area contributed by atoms with Crippen molar-refractivity contribution < 1.29 is 39.1 Å². The molecule has 0 heterocycles. The molecule has 0 atom stereocenters. The maximum atomic E-state index is 12.5. The first-order valence-corrected chi connectivity index (χ1v) is 3.09. The fourth-order valence-electron chi connectivity index (χ4n) is 0.718. The second-order valence-corrected chi connectivity index (χ2v) is 2.26. The Morgan fingerprint density at radius 3 is 2.58 bits per heavy atom. The number of hydrogen-bond donors (Lipinski definition) is 0. The van der Waals surface area contributed by atoms with E-state index in [1.165, 1.54) is 6.07 Å². The van der Waals surface area contributed by atoms with E-state index in [2.05, 4.69) is 0 Å². The molecule has 1 aromatic carbocycles. The van der Waals surface area contributed by atoms with Crippen molar-refractivity contribution in [2.45, 2.75) is 6.92 Å². The average molecular weight is 176 g/mol. The summed E-state index contributed by atoms with van der Waals surface area (Å²) in [4.78, 5) is 10.6. The molecule has 0 saturated heterocycles. The van der Waals surface area contributed by atoms with Crippen molar-refractivity contribution in [3.05, 3.63) is 39.8 Å². The fraction of sp³-hybridized carbons (Fsp3) is 0.125. The number of halogens is 1. The van der Waals surface area contributed by atoms with Gasteiger partial charge in [0.1, 0.15) is 0 Å². The SMILES string of the molecule is Cc1ccc(F)c(=O)c([O-])c1.[Na+]. The second-order valence-electron chi connectivity index (χ2n) is 2.26. The van der Waals surface area contributed by atoms with E-state index in [4.69, 9.17) is 0 Å². The summed E-state index contributed by atoms with van der Waals surface area (Å²) in [6.45, 7) is 1.63. The normalized spacial score (nSPS) is 8.83. The van der Waals surface area contributed by atoms with Crippen molar-refractivity contribution in [3.8, 4) is 5.75 Å². The van der Waals surface area contributed by atoms with Gasteiger partial charge >= 0.3 is 29.6 Å². The van der Waals surface area contributed by atoms with Gasteiger partial charge in [-0.1, -0.05) is 23.4 Å². The van der Waals surface area contributed by atoms with E-state index in [1.807, 2.05) is 0 Å². The molecule has 0 aliphatic carbocycles. The van der Waals surface area contributed by atoms with Crippen molar-refractivity contribution in [2.75, 3.05) is 0 Å². The number of hydrogen-bond acceptors (Lipinski definition) is 2. The molecular formula is C8H6FNaO2. The maximum Gasteiger partial charge on any atom is 1.00 e. The van der Waals surface area contributed by atoms with Crippen LogP contribution in [0.2, 0.25) is 0 Å². The van der Waals surface area contributed by atoms with E-state index in [-0.39, 0.29) is 29.6 Å². The maximum absolute atomic E-state index is 12.5. The molecule has 1 rings (SSSR count). The van der Waals surface area contributed by atoms with Gasteiger partial charge in [-0.3, -0.25) is 4.79 Å². The Bertz CT molecular complexity index is 338. The summed E-state index contributed by atoms with van der Waals surface area (Å²) in [6.07, 6.45) is 0. The third-order valence-corrected chi connectivity index (χ3v) is 1.29. The fourth-order valence-corrected chi connectivity index (χ4v) is 0.718. The van der Waals surface area contributed by atoms with E-state index in [0.717, 1.165) is 12.1 Å². The van der Waals surface area contributed by atoms with Gasteiger partial charge in [-0.25, -0.2) is 4.39 Å². The number of aryl methyl sites for hydroxylation is 1. The molecule has 58 valence electrons. The predicted octanol–water partition coefficient (Wildman–Crippen LogP) is -2.43. The molecule has 0 spiro atoms. The zero-order valence-corrected chi connectivity index (χ0v) is 8.93. The molecule has 0 fully saturated rings. The van der Waals surface area contributed by atoms with Crippen LogP contribution >= 0.6 is 0 Å². The summed E-state index contributed by atoms with van der Waals surface area (Å²) in [7, 11) is 0. The monoisotopic (exact) mass is 176 g/mol. The van der Waals surface area contributed by atoms with Crippen LogP contribution in [0, 0.1) is 12.7 Å². The molecule has 0 bridgehead atoms. The minimum absolute atomic E-state index is 0. The molecule has 0 aliphatic heterocycles. The van der Waals surface area contributed by atoms with Crippen LogP contribution in [0.4, 0.5) is 4.39 Å². The van der Waals surface area contributed by atoms with Crippen LogP contribution in [0.3, 0.4) is 0 Å². The van der Waals surface area contributed by atoms with Gasteiger partial charge in [0.05, 0.1) is 0 Å². The quantitative estimate of drug-likeness (QED) is 0.412.